The van der Waals surface area contributed by atoms with Crippen LogP contribution in [0.5, 0.6) is 5.75 Å². The number of carbonyl (C=O) groups is 1. The van der Waals surface area contributed by atoms with E-state index in [-0.39, 0.29) is 17.4 Å². The van der Waals surface area contributed by atoms with Crippen LogP contribution in [0.1, 0.15) is 40.1 Å². The molecule has 0 aliphatic heterocycles. The largest absolute Gasteiger partial charge is 0.484 e. The predicted molar refractivity (Wildman–Crippen MR) is 66.2 cm³/mol. The van der Waals surface area contributed by atoms with E-state index < -0.39 is 5.97 Å². The third-order valence-electron chi connectivity index (χ3n) is 2.34. The van der Waals surface area contributed by atoms with Crippen LogP contribution < -0.4 is 4.74 Å². The first-order valence-electron chi connectivity index (χ1n) is 5.47. The topological polar surface area (TPSA) is 72.6 Å². The minimum Gasteiger partial charge on any atom is -0.484 e. The van der Waals surface area contributed by atoms with Crippen molar-refractivity contribution in [2.24, 2.45) is 0 Å². The Morgan fingerprint density at radius 1 is 1.61 bits per heavy atom. The summed E-state index contributed by atoms with van der Waals surface area (Å²) < 4.78 is 10.4. The lowest BCUT2D eigenvalue weighted by molar-refractivity contribution is 0.0697. The van der Waals surface area contributed by atoms with Gasteiger partial charge >= 0.3 is 5.97 Å². The van der Waals surface area contributed by atoms with Crippen molar-refractivity contribution in [3.05, 3.63) is 33.8 Å². The molecule has 0 aliphatic rings. The van der Waals surface area contributed by atoms with E-state index in [4.69, 9.17) is 14.4 Å². The molecule has 0 aromatic carbocycles. The van der Waals surface area contributed by atoms with Crippen molar-refractivity contribution in [1.29, 1.82) is 0 Å². The third-order valence-corrected chi connectivity index (χ3v) is 3.75. The fourth-order valence-electron chi connectivity index (χ4n) is 1.40. The summed E-state index contributed by atoms with van der Waals surface area (Å²) in [5.41, 5.74) is 0. The van der Waals surface area contributed by atoms with E-state index in [1.54, 1.807) is 12.1 Å². The van der Waals surface area contributed by atoms with Gasteiger partial charge in [0.25, 0.3) is 0 Å². The average Bonchev–Trinajstić information content (AvgIpc) is 2.95. The maximum atomic E-state index is 11.1. The summed E-state index contributed by atoms with van der Waals surface area (Å²) in [4.78, 5) is 12.3. The molecular formula is C12H13NO4S. The number of ether oxygens (including phenoxy) is 1. The van der Waals surface area contributed by atoms with Gasteiger partial charge in [0.1, 0.15) is 12.4 Å². The van der Waals surface area contributed by atoms with Crippen LogP contribution in [0, 0.1) is 0 Å². The molecule has 1 N–H and O–H groups in total. The summed E-state index contributed by atoms with van der Waals surface area (Å²) >= 11 is 1.24. The first kappa shape index (κ1) is 12.6. The van der Waals surface area contributed by atoms with E-state index in [9.17, 15) is 4.79 Å². The van der Waals surface area contributed by atoms with Crippen LogP contribution >= 0.6 is 11.3 Å². The van der Waals surface area contributed by atoms with Gasteiger partial charge < -0.3 is 14.4 Å². The van der Waals surface area contributed by atoms with Gasteiger partial charge in [-0.25, -0.2) is 4.79 Å². The fraction of sp³-hybridized carbons (Fsp3) is 0.333. The summed E-state index contributed by atoms with van der Waals surface area (Å²) in [7, 11) is 0. The number of thiophene rings is 1. The van der Waals surface area contributed by atoms with Crippen molar-refractivity contribution in [1.82, 2.24) is 5.16 Å². The van der Waals surface area contributed by atoms with E-state index in [0.717, 1.165) is 4.88 Å². The Morgan fingerprint density at radius 2 is 2.39 bits per heavy atom. The lowest BCUT2D eigenvalue weighted by Gasteiger charge is -2.01. The highest BCUT2D eigenvalue weighted by Crippen LogP contribution is 2.34. The summed E-state index contributed by atoms with van der Waals surface area (Å²) in [5, 5.41) is 12.7. The third kappa shape index (κ3) is 2.70. The molecule has 2 aromatic heterocycles. The number of aromatic carboxylic acids is 1. The second-order valence-electron chi connectivity index (χ2n) is 4.07. The Hall–Kier alpha value is -1.82. The summed E-state index contributed by atoms with van der Waals surface area (Å²) in [6.07, 6.45) is 1.52. The van der Waals surface area contributed by atoms with E-state index in [1.807, 2.05) is 13.8 Å². The molecule has 0 unspecified atom stereocenters. The normalized spacial score (nSPS) is 10.8. The van der Waals surface area contributed by atoms with Crippen LogP contribution in [0.3, 0.4) is 0 Å². The van der Waals surface area contributed by atoms with Gasteiger partial charge in [0.15, 0.2) is 10.6 Å². The molecular weight excluding hydrogens is 254 g/mol. The highest BCUT2D eigenvalue weighted by atomic mass is 32.1. The molecule has 0 fully saturated rings. The van der Waals surface area contributed by atoms with Gasteiger partial charge in [-0.15, -0.1) is 11.3 Å². The summed E-state index contributed by atoms with van der Waals surface area (Å²) in [5.74, 6) is 0.242. The maximum absolute atomic E-state index is 11.1. The summed E-state index contributed by atoms with van der Waals surface area (Å²) in [6.45, 7) is 4.20. The van der Waals surface area contributed by atoms with Gasteiger partial charge in [-0.2, -0.15) is 0 Å². The molecule has 5 nitrogen and oxygen atoms in total. The molecule has 0 spiro atoms. The predicted octanol–water partition coefficient (Wildman–Crippen LogP) is 3.14. The molecule has 0 radical (unpaired) electrons. The zero-order valence-electron chi connectivity index (χ0n) is 10.0. The van der Waals surface area contributed by atoms with E-state index in [1.165, 1.54) is 17.5 Å². The highest BCUT2D eigenvalue weighted by molar-refractivity contribution is 7.14. The molecule has 0 saturated carbocycles. The smallest absolute Gasteiger partial charge is 0.349 e. The number of aromatic nitrogens is 1. The Balaban J connectivity index is 2.17. The molecule has 0 atom stereocenters. The standard InChI is InChI=1S/C12H13NO4S/c1-7(2)10-5-9(11(18-10)12(14)15)16-6-8-3-4-13-17-8/h3-5,7H,6H2,1-2H3,(H,14,15). The summed E-state index contributed by atoms with van der Waals surface area (Å²) in [6, 6.07) is 3.45. The van der Waals surface area contributed by atoms with Crippen molar-refractivity contribution >= 4 is 17.3 Å². The van der Waals surface area contributed by atoms with Gasteiger partial charge in [0.05, 0.1) is 6.20 Å². The molecule has 0 bridgehead atoms. The van der Waals surface area contributed by atoms with Crippen LogP contribution in [0.15, 0.2) is 22.9 Å². The van der Waals surface area contributed by atoms with E-state index >= 15 is 0 Å². The minimum atomic E-state index is -0.973. The lowest BCUT2D eigenvalue weighted by atomic mass is 10.2. The number of rotatable bonds is 5. The van der Waals surface area contributed by atoms with Gasteiger partial charge in [-0.3, -0.25) is 0 Å². The van der Waals surface area contributed by atoms with E-state index in [2.05, 4.69) is 5.16 Å². The number of nitrogens with zero attached hydrogens (tertiary/aromatic N) is 1. The van der Waals surface area contributed by atoms with Crippen molar-refractivity contribution < 1.29 is 19.2 Å². The Labute approximate surface area is 108 Å². The Morgan fingerprint density at radius 3 is 2.94 bits per heavy atom. The quantitative estimate of drug-likeness (QED) is 0.901. The zero-order valence-corrected chi connectivity index (χ0v) is 10.9. The molecule has 0 amide bonds. The molecule has 2 rings (SSSR count). The molecule has 0 saturated heterocycles. The van der Waals surface area contributed by atoms with Gasteiger partial charge in [-0.1, -0.05) is 19.0 Å². The van der Waals surface area contributed by atoms with Gasteiger partial charge in [0.2, 0.25) is 0 Å². The average molecular weight is 267 g/mol. The Kier molecular flexibility index (Phi) is 3.66. The monoisotopic (exact) mass is 267 g/mol. The van der Waals surface area contributed by atoms with Crippen LogP contribution in [0.25, 0.3) is 0 Å². The first-order valence-corrected chi connectivity index (χ1v) is 6.29. The van der Waals surface area contributed by atoms with Crippen LogP contribution in [0.2, 0.25) is 0 Å². The van der Waals surface area contributed by atoms with Crippen LogP contribution in [-0.2, 0) is 6.61 Å². The van der Waals surface area contributed by atoms with Crippen molar-refractivity contribution in [3.8, 4) is 5.75 Å². The second kappa shape index (κ2) is 5.22. The fourth-order valence-corrected chi connectivity index (χ4v) is 2.34. The minimum absolute atomic E-state index is 0.175. The second-order valence-corrected chi connectivity index (χ2v) is 5.15. The van der Waals surface area contributed by atoms with E-state index in [0.29, 0.717) is 11.5 Å². The number of carboxylic acids is 1. The molecule has 96 valence electrons. The first-order chi connectivity index (χ1) is 8.58. The van der Waals surface area contributed by atoms with Crippen LogP contribution in [0.4, 0.5) is 0 Å². The molecule has 2 heterocycles. The Bertz CT molecular complexity index is 530. The SMILES string of the molecule is CC(C)c1cc(OCc2ccno2)c(C(=O)O)s1. The number of carboxylic acid groups (broad SMARTS) is 1. The molecule has 0 aliphatic carbocycles. The van der Waals surface area contributed by atoms with Gasteiger partial charge in [-0.05, 0) is 12.0 Å². The maximum Gasteiger partial charge on any atom is 0.349 e. The molecule has 2 aromatic rings. The molecule has 6 heteroatoms. The zero-order chi connectivity index (χ0) is 13.1. The van der Waals surface area contributed by atoms with Crippen LogP contribution in [-0.4, -0.2) is 16.2 Å². The number of hydrogen-bond donors (Lipinski definition) is 1. The number of hydrogen-bond acceptors (Lipinski definition) is 5. The van der Waals surface area contributed by atoms with Crippen molar-refractivity contribution in [2.75, 3.05) is 0 Å². The van der Waals surface area contributed by atoms with Crippen molar-refractivity contribution in [2.45, 2.75) is 26.4 Å². The van der Waals surface area contributed by atoms with Crippen molar-refractivity contribution in [3.63, 3.8) is 0 Å². The highest BCUT2D eigenvalue weighted by Gasteiger charge is 2.18. The lowest BCUT2D eigenvalue weighted by Crippen LogP contribution is -1.99. The van der Waals surface area contributed by atoms with Gasteiger partial charge in [0, 0.05) is 10.9 Å². The molecule has 18 heavy (non-hydrogen) atoms.